The third-order valence-electron chi connectivity index (χ3n) is 4.32. The Kier molecular flexibility index (Phi) is 3.77. The van der Waals surface area contributed by atoms with Crippen molar-refractivity contribution in [2.24, 2.45) is 0 Å². The van der Waals surface area contributed by atoms with Crippen molar-refractivity contribution < 1.29 is 10.1 Å². The molecule has 4 rings (SSSR count). The maximum Gasteiger partial charge on any atom is 0.308 e. The summed E-state index contributed by atoms with van der Waals surface area (Å²) < 4.78 is 0. The lowest BCUT2D eigenvalue weighted by Gasteiger charge is -2.26. The number of nitrogens with zero attached hydrogens (tertiary/aromatic N) is 3. The smallest absolute Gasteiger partial charge is 0.308 e. The first kappa shape index (κ1) is 14.9. The van der Waals surface area contributed by atoms with Crippen LogP contribution in [0.4, 0.5) is 17.6 Å². The Morgan fingerprint density at radius 1 is 1.25 bits per heavy atom. The zero-order chi connectivity index (χ0) is 16.5. The van der Waals surface area contributed by atoms with Crippen LogP contribution in [0.1, 0.15) is 31.4 Å². The third kappa shape index (κ3) is 3.02. The van der Waals surface area contributed by atoms with Crippen molar-refractivity contribution in [3.63, 3.8) is 0 Å². The van der Waals surface area contributed by atoms with Crippen molar-refractivity contribution in [2.45, 2.75) is 44.8 Å². The summed E-state index contributed by atoms with van der Waals surface area (Å²) in [6, 6.07) is 2.19. The van der Waals surface area contributed by atoms with Gasteiger partial charge in [0.05, 0.1) is 6.10 Å². The van der Waals surface area contributed by atoms with E-state index in [2.05, 4.69) is 40.8 Å². The van der Waals surface area contributed by atoms with Gasteiger partial charge in [-0.3, -0.25) is 15.4 Å². The number of nitrogens with one attached hydrogen (secondary N) is 5. The molecule has 0 aromatic carbocycles. The van der Waals surface area contributed by atoms with Crippen LogP contribution in [0.5, 0.6) is 0 Å². The lowest BCUT2D eigenvalue weighted by Crippen LogP contribution is -2.28. The molecule has 3 aromatic heterocycles. The van der Waals surface area contributed by atoms with Crippen molar-refractivity contribution >= 4 is 28.7 Å². The van der Waals surface area contributed by atoms with Crippen LogP contribution in [0.25, 0.3) is 11.2 Å². The van der Waals surface area contributed by atoms with E-state index < -0.39 is 0 Å². The molecule has 0 spiro atoms. The fourth-order valence-electron chi connectivity index (χ4n) is 3.05. The van der Waals surface area contributed by atoms with E-state index in [-0.39, 0.29) is 6.10 Å². The Morgan fingerprint density at radius 2 is 2.08 bits per heavy atom. The number of hydrogen-bond donors (Lipinski definition) is 5. The van der Waals surface area contributed by atoms with Gasteiger partial charge in [-0.15, -0.1) is 0 Å². The Hall–Kier alpha value is -2.68. The number of fused-ring (bicyclic) bond motifs is 1. The lowest BCUT2D eigenvalue weighted by atomic mass is 9.93. The maximum absolute atomic E-state index is 9.66. The molecule has 1 saturated carbocycles. The monoisotopic (exact) mass is 329 g/mol. The zero-order valence-electron chi connectivity index (χ0n) is 13.4. The predicted octanol–water partition coefficient (Wildman–Crippen LogP) is 1.26. The van der Waals surface area contributed by atoms with Crippen LogP contribution < -0.4 is 15.6 Å². The van der Waals surface area contributed by atoms with E-state index in [1.54, 1.807) is 6.33 Å². The molecule has 9 nitrogen and oxygen atoms in total. The maximum atomic E-state index is 9.66. The van der Waals surface area contributed by atoms with Crippen LogP contribution in [0.3, 0.4) is 0 Å². The van der Waals surface area contributed by atoms with Crippen molar-refractivity contribution in [1.82, 2.24) is 25.1 Å². The summed E-state index contributed by atoms with van der Waals surface area (Å²) in [5, 5.41) is 23.3. The highest BCUT2D eigenvalue weighted by Crippen LogP contribution is 2.25. The predicted molar refractivity (Wildman–Crippen MR) is 88.9 cm³/mol. The Balaban J connectivity index is 1.60. The van der Waals surface area contributed by atoms with Gasteiger partial charge in [0, 0.05) is 17.8 Å². The van der Waals surface area contributed by atoms with E-state index in [0.717, 1.165) is 48.4 Å². The van der Waals surface area contributed by atoms with Crippen molar-refractivity contribution in [2.75, 3.05) is 10.6 Å². The van der Waals surface area contributed by atoms with Crippen molar-refractivity contribution in [3.05, 3.63) is 18.1 Å². The first-order chi connectivity index (χ1) is 11.7. The molecule has 24 heavy (non-hydrogen) atoms. The number of aromatic amines is 3. The van der Waals surface area contributed by atoms with Gasteiger partial charge in [0.25, 0.3) is 0 Å². The van der Waals surface area contributed by atoms with Gasteiger partial charge in [-0.25, -0.2) is 4.98 Å². The lowest BCUT2D eigenvalue weighted by molar-refractivity contribution is -0.347. The van der Waals surface area contributed by atoms with Gasteiger partial charge >= 0.3 is 11.6 Å². The summed E-state index contributed by atoms with van der Waals surface area (Å²) in [6.07, 6.45) is 5.06. The average Bonchev–Trinajstić information content (AvgIpc) is 3.19. The number of rotatable bonds is 4. The summed E-state index contributed by atoms with van der Waals surface area (Å²) in [5.74, 6) is 1.90. The first-order valence-electron chi connectivity index (χ1n) is 8.18. The highest BCUT2D eigenvalue weighted by molar-refractivity contribution is 5.81. The molecule has 0 unspecified atom stereocenters. The van der Waals surface area contributed by atoms with Gasteiger partial charge in [0.15, 0.2) is 18.0 Å². The van der Waals surface area contributed by atoms with Crippen LogP contribution in [0.15, 0.2) is 12.4 Å². The Bertz CT molecular complexity index is 833. The molecule has 9 heteroatoms. The number of aryl methyl sites for hydroxylation is 1. The molecule has 1 fully saturated rings. The topological polar surface area (TPSA) is 129 Å². The minimum atomic E-state index is -0.174. The first-order valence-corrected chi connectivity index (χ1v) is 8.18. The highest BCUT2D eigenvalue weighted by Gasteiger charge is 2.23. The second-order valence-corrected chi connectivity index (χ2v) is 6.26. The number of anilines is 3. The Morgan fingerprint density at radius 3 is 2.83 bits per heavy atom. The number of aliphatic hydroxyl groups excluding tert-OH is 1. The molecule has 0 bridgehead atoms. The number of imidazole rings is 1. The van der Waals surface area contributed by atoms with E-state index in [4.69, 9.17) is 0 Å². The molecule has 0 saturated heterocycles. The Labute approximate surface area is 138 Å². The molecule has 0 radical (unpaired) electrons. The summed E-state index contributed by atoms with van der Waals surface area (Å²) in [7, 11) is 0. The number of aliphatic hydroxyl groups is 1. The van der Waals surface area contributed by atoms with Crippen molar-refractivity contribution in [3.8, 4) is 0 Å². The van der Waals surface area contributed by atoms with Crippen LogP contribution in [-0.4, -0.2) is 42.4 Å². The van der Waals surface area contributed by atoms with Crippen LogP contribution in [0, 0.1) is 6.92 Å². The van der Waals surface area contributed by atoms with E-state index in [0.29, 0.717) is 17.8 Å². The van der Waals surface area contributed by atoms with E-state index in [1.165, 1.54) is 0 Å². The van der Waals surface area contributed by atoms with Gasteiger partial charge in [-0.1, -0.05) is 4.98 Å². The van der Waals surface area contributed by atoms with Gasteiger partial charge < -0.3 is 10.4 Å². The van der Waals surface area contributed by atoms with Gasteiger partial charge in [-0.2, -0.15) is 10.1 Å². The second-order valence-electron chi connectivity index (χ2n) is 6.26. The minimum absolute atomic E-state index is 0.174. The second kappa shape index (κ2) is 6.08. The van der Waals surface area contributed by atoms with Crippen LogP contribution in [-0.2, 0) is 0 Å². The third-order valence-corrected chi connectivity index (χ3v) is 4.32. The van der Waals surface area contributed by atoms with Gasteiger partial charge in [-0.05, 0) is 32.6 Å². The normalized spacial score (nSPS) is 21.1. The minimum Gasteiger partial charge on any atom is -0.393 e. The number of aromatic nitrogens is 6. The summed E-state index contributed by atoms with van der Waals surface area (Å²) in [4.78, 5) is 15.3. The van der Waals surface area contributed by atoms with E-state index in [1.807, 2.05) is 13.0 Å². The van der Waals surface area contributed by atoms with Crippen LogP contribution in [0.2, 0.25) is 0 Å². The highest BCUT2D eigenvalue weighted by atomic mass is 16.3. The van der Waals surface area contributed by atoms with E-state index in [9.17, 15) is 5.11 Å². The molecule has 1 aliphatic rings. The van der Waals surface area contributed by atoms with Gasteiger partial charge in [0.2, 0.25) is 5.52 Å². The fourth-order valence-corrected chi connectivity index (χ4v) is 3.05. The zero-order valence-corrected chi connectivity index (χ0v) is 13.4. The molecule has 3 aromatic rings. The molecule has 126 valence electrons. The van der Waals surface area contributed by atoms with Crippen molar-refractivity contribution in [1.29, 1.82) is 0 Å². The quantitative estimate of drug-likeness (QED) is 0.490. The standard InChI is InChI=1S/C15H20N8O/c1-8-6-11(23-22-8)19-15-20-13-12(16-7-17-13)14(21-15)18-9-2-4-10(24)5-3-9/h6-7,9-10,24H,2-5H2,1H3,(H4,16,17,18,19,20,21,22,23)/p+1. The summed E-state index contributed by atoms with van der Waals surface area (Å²) >= 11 is 0. The van der Waals surface area contributed by atoms with Gasteiger partial charge in [0.1, 0.15) is 0 Å². The molecule has 0 atom stereocenters. The average molecular weight is 329 g/mol. The molecule has 0 amide bonds. The largest absolute Gasteiger partial charge is 0.393 e. The number of hydrogen-bond acceptors (Lipinski definition) is 6. The molecular weight excluding hydrogens is 308 g/mol. The molecule has 0 aliphatic heterocycles. The van der Waals surface area contributed by atoms with Crippen LogP contribution >= 0.6 is 0 Å². The fraction of sp³-hybridized carbons (Fsp3) is 0.467. The molecule has 6 N–H and O–H groups in total. The summed E-state index contributed by atoms with van der Waals surface area (Å²) in [5.41, 5.74) is 2.52. The molecule has 3 heterocycles. The summed E-state index contributed by atoms with van der Waals surface area (Å²) in [6.45, 7) is 1.94. The molecule has 1 aliphatic carbocycles. The number of H-pyrrole nitrogens is 3. The molecular formula is C15H21N8O+. The van der Waals surface area contributed by atoms with E-state index >= 15 is 0 Å². The SMILES string of the molecule is Cc1cc(Nc2nc(NC3CCC(O)CC3)c3[nH]c[nH+]c3n2)n[nH]1.